The van der Waals surface area contributed by atoms with Crippen LogP contribution < -0.4 is 4.90 Å². The van der Waals surface area contributed by atoms with Gasteiger partial charge in [-0.05, 0) is 23.8 Å². The first kappa shape index (κ1) is 29.0. The fourth-order valence-corrected chi connectivity index (χ4v) is 5.26. The van der Waals surface area contributed by atoms with Gasteiger partial charge in [0.1, 0.15) is 12.4 Å². The lowest BCUT2D eigenvalue weighted by atomic mass is 9.89. The van der Waals surface area contributed by atoms with E-state index in [1.54, 1.807) is 18.0 Å². The molecule has 0 atom stereocenters. The van der Waals surface area contributed by atoms with Crippen LogP contribution in [0.5, 0.6) is 0 Å². The Labute approximate surface area is 243 Å². The number of hydrogen-bond acceptors (Lipinski definition) is 8. The van der Waals surface area contributed by atoms with Gasteiger partial charge >= 0.3 is 12.5 Å². The molecule has 1 aromatic carbocycles. The standard InChI is InChI=1S/C27H19F7N10/c1-42-14-39-40-24(42)25(28)2-4-43(5-3-25)21-16(9-35)6-15(19-11-37-23(38-12-19)26(29,30)31)8-20(21)17-7-18-13-44(27(32,33)34)41-22(18)36-10-17/h6-8,10-14H,2-5H2,1H3. The van der Waals surface area contributed by atoms with E-state index >= 15 is 4.39 Å². The number of fused-ring (bicyclic) bond motifs is 1. The molecule has 6 rings (SSSR count). The quantitative estimate of drug-likeness (QED) is 0.243. The van der Waals surface area contributed by atoms with Crippen molar-refractivity contribution in [1.82, 2.24) is 39.5 Å². The van der Waals surface area contributed by atoms with Gasteiger partial charge in [0.2, 0.25) is 5.82 Å². The molecule has 5 heterocycles. The second kappa shape index (κ2) is 10.2. The van der Waals surface area contributed by atoms with Gasteiger partial charge in [0.05, 0.1) is 11.3 Å². The summed E-state index contributed by atoms with van der Waals surface area (Å²) in [5.74, 6) is -1.19. The summed E-state index contributed by atoms with van der Waals surface area (Å²) in [5, 5.41) is 21.4. The van der Waals surface area contributed by atoms with Gasteiger partial charge in [-0.1, -0.05) is 0 Å². The largest absolute Gasteiger partial charge is 0.504 e. The minimum atomic E-state index is -4.78. The number of rotatable bonds is 4. The Morgan fingerprint density at radius 3 is 2.18 bits per heavy atom. The summed E-state index contributed by atoms with van der Waals surface area (Å²) in [6.07, 6.45) is -4.19. The minimum Gasteiger partial charge on any atom is -0.370 e. The Kier molecular flexibility index (Phi) is 6.74. The van der Waals surface area contributed by atoms with Crippen molar-refractivity contribution >= 4 is 16.7 Å². The summed E-state index contributed by atoms with van der Waals surface area (Å²) in [6.45, 7) is 0.269. The fourth-order valence-electron chi connectivity index (χ4n) is 5.26. The summed E-state index contributed by atoms with van der Waals surface area (Å²) < 4.78 is 96.3. The Hall–Kier alpha value is -5.14. The van der Waals surface area contributed by atoms with Crippen LogP contribution in [0.3, 0.4) is 0 Å². The maximum atomic E-state index is 15.9. The topological polar surface area (TPSA) is 114 Å². The van der Waals surface area contributed by atoms with E-state index in [9.17, 15) is 31.6 Å². The van der Waals surface area contributed by atoms with E-state index in [1.165, 1.54) is 29.2 Å². The van der Waals surface area contributed by atoms with Gasteiger partial charge < -0.3 is 9.47 Å². The molecular weight excluding hydrogens is 597 g/mol. The van der Waals surface area contributed by atoms with Gasteiger partial charge in [-0.2, -0.15) is 23.1 Å². The van der Waals surface area contributed by atoms with Gasteiger partial charge in [0.25, 0.3) is 0 Å². The Balaban J connectivity index is 1.47. The van der Waals surface area contributed by atoms with E-state index in [0.29, 0.717) is 16.8 Å². The average molecular weight is 617 g/mol. The number of nitriles is 1. The zero-order valence-electron chi connectivity index (χ0n) is 22.6. The number of aromatic nitrogens is 8. The Morgan fingerprint density at radius 2 is 1.59 bits per heavy atom. The number of nitrogens with zero attached hydrogens (tertiary/aromatic N) is 10. The summed E-state index contributed by atoms with van der Waals surface area (Å²) in [4.78, 5) is 12.6. The number of halogens is 7. The Bertz CT molecular complexity index is 1890. The van der Waals surface area contributed by atoms with E-state index in [1.807, 2.05) is 0 Å². The third-order valence-corrected chi connectivity index (χ3v) is 7.38. The molecule has 226 valence electrons. The van der Waals surface area contributed by atoms with E-state index in [0.717, 1.165) is 18.6 Å². The zero-order valence-corrected chi connectivity index (χ0v) is 22.6. The summed E-state index contributed by atoms with van der Waals surface area (Å²) in [5.41, 5.74) is -0.463. The summed E-state index contributed by atoms with van der Waals surface area (Å²) >= 11 is 0. The molecule has 5 aromatic rings. The lowest BCUT2D eigenvalue weighted by Gasteiger charge is -2.38. The lowest BCUT2D eigenvalue weighted by molar-refractivity contribution is -0.211. The van der Waals surface area contributed by atoms with Crippen LogP contribution in [0.15, 0.2) is 49.3 Å². The molecule has 44 heavy (non-hydrogen) atoms. The van der Waals surface area contributed by atoms with Crippen LogP contribution in [0, 0.1) is 11.3 Å². The smallest absolute Gasteiger partial charge is 0.370 e. The minimum absolute atomic E-state index is 0.00598. The van der Waals surface area contributed by atoms with Crippen LogP contribution in [-0.2, 0) is 25.2 Å². The van der Waals surface area contributed by atoms with Gasteiger partial charge in [0.15, 0.2) is 17.1 Å². The van der Waals surface area contributed by atoms with Crippen molar-refractivity contribution in [3.63, 3.8) is 0 Å². The molecule has 1 fully saturated rings. The number of piperidine rings is 1. The Morgan fingerprint density at radius 1 is 0.909 bits per heavy atom. The number of pyridine rings is 1. The van der Waals surface area contributed by atoms with Crippen molar-refractivity contribution in [2.45, 2.75) is 31.0 Å². The SMILES string of the molecule is Cn1cnnc1C1(F)CCN(c2c(C#N)cc(-c3cnc(C(F)(F)F)nc3)cc2-c2cnc3nn(C(F)(F)F)cc3c2)CC1. The molecule has 0 bridgehead atoms. The molecule has 0 radical (unpaired) electrons. The first-order valence-electron chi connectivity index (χ1n) is 13.0. The molecule has 0 aliphatic carbocycles. The van der Waals surface area contributed by atoms with E-state index in [2.05, 4.69) is 36.3 Å². The van der Waals surface area contributed by atoms with Gasteiger partial charge in [-0.15, -0.1) is 28.5 Å². The molecule has 4 aromatic heterocycles. The number of hydrogen-bond donors (Lipinski definition) is 0. The molecule has 1 saturated heterocycles. The van der Waals surface area contributed by atoms with Crippen molar-refractivity contribution in [2.75, 3.05) is 18.0 Å². The van der Waals surface area contributed by atoms with E-state index in [-0.39, 0.29) is 64.2 Å². The molecule has 0 saturated carbocycles. The van der Waals surface area contributed by atoms with Crippen molar-refractivity contribution in [2.24, 2.45) is 7.05 Å². The summed E-state index contributed by atoms with van der Waals surface area (Å²) in [7, 11) is 1.63. The third-order valence-electron chi connectivity index (χ3n) is 7.38. The molecule has 0 unspecified atom stereocenters. The predicted molar refractivity (Wildman–Crippen MR) is 140 cm³/mol. The molecule has 0 N–H and O–H groups in total. The fraction of sp³-hybridized carbons (Fsp3) is 0.296. The zero-order chi connectivity index (χ0) is 31.4. The second-order valence-electron chi connectivity index (χ2n) is 10.2. The third kappa shape index (κ3) is 5.16. The van der Waals surface area contributed by atoms with Crippen molar-refractivity contribution in [1.29, 1.82) is 5.26 Å². The monoisotopic (exact) mass is 616 g/mol. The molecular formula is C27H19F7N10. The van der Waals surface area contributed by atoms with Crippen LogP contribution in [-0.4, -0.2) is 52.6 Å². The normalized spacial score (nSPS) is 15.5. The van der Waals surface area contributed by atoms with Gasteiger partial charge in [-0.25, -0.2) is 19.3 Å². The molecule has 0 amide bonds. The van der Waals surface area contributed by atoms with Crippen LogP contribution in [0.4, 0.5) is 36.4 Å². The van der Waals surface area contributed by atoms with E-state index < -0.39 is 24.0 Å². The number of aryl methyl sites for hydroxylation is 1. The molecule has 1 aliphatic heterocycles. The molecule has 17 heteroatoms. The molecule has 1 aliphatic rings. The number of anilines is 1. The first-order chi connectivity index (χ1) is 20.8. The number of benzene rings is 1. The summed E-state index contributed by atoms with van der Waals surface area (Å²) in [6, 6.07) is 6.51. The average Bonchev–Trinajstić information content (AvgIpc) is 3.63. The first-order valence-corrected chi connectivity index (χ1v) is 13.0. The highest BCUT2D eigenvalue weighted by Crippen LogP contribution is 2.43. The highest BCUT2D eigenvalue weighted by Gasteiger charge is 2.41. The molecule has 0 spiro atoms. The van der Waals surface area contributed by atoms with E-state index in [4.69, 9.17) is 0 Å². The predicted octanol–water partition coefficient (Wildman–Crippen LogP) is 5.52. The maximum Gasteiger partial charge on any atom is 0.504 e. The van der Waals surface area contributed by atoms with Crippen molar-refractivity contribution in [3.05, 3.63) is 66.5 Å². The highest BCUT2D eigenvalue weighted by atomic mass is 19.4. The van der Waals surface area contributed by atoms with Gasteiger partial charge in [0, 0.05) is 79.8 Å². The van der Waals surface area contributed by atoms with Gasteiger partial charge in [-0.3, -0.25) is 0 Å². The second-order valence-corrected chi connectivity index (χ2v) is 10.2. The molecule has 10 nitrogen and oxygen atoms in total. The van der Waals surface area contributed by atoms with Crippen molar-refractivity contribution < 1.29 is 30.7 Å². The van der Waals surface area contributed by atoms with Crippen LogP contribution >= 0.6 is 0 Å². The van der Waals surface area contributed by atoms with Crippen LogP contribution in [0.1, 0.15) is 30.1 Å². The lowest BCUT2D eigenvalue weighted by Crippen LogP contribution is -2.42. The van der Waals surface area contributed by atoms with Crippen molar-refractivity contribution in [3.8, 4) is 28.3 Å². The highest BCUT2D eigenvalue weighted by molar-refractivity contribution is 5.90. The van der Waals surface area contributed by atoms with Crippen LogP contribution in [0.2, 0.25) is 0 Å². The number of alkyl halides is 7. The van der Waals surface area contributed by atoms with Crippen LogP contribution in [0.25, 0.3) is 33.3 Å². The maximum absolute atomic E-state index is 15.9.